The van der Waals surface area contributed by atoms with Gasteiger partial charge in [0.15, 0.2) is 0 Å². The number of nitrogens with one attached hydrogen (secondary N) is 2. The number of hydrogen-bond acceptors (Lipinski definition) is 3. The summed E-state index contributed by atoms with van der Waals surface area (Å²) in [4.78, 5) is 11.7. The van der Waals surface area contributed by atoms with Crippen LogP contribution in [-0.4, -0.2) is 28.3 Å². The van der Waals surface area contributed by atoms with Gasteiger partial charge in [-0.25, -0.2) is 0 Å². The predicted octanol–water partition coefficient (Wildman–Crippen LogP) is 1.99. The van der Waals surface area contributed by atoms with Crippen LogP contribution >= 0.6 is 0 Å². The summed E-state index contributed by atoms with van der Waals surface area (Å²) in [6.07, 6.45) is -3.20. The highest BCUT2D eigenvalue weighted by atomic mass is 19.4. The van der Waals surface area contributed by atoms with Crippen molar-refractivity contribution in [1.82, 2.24) is 15.5 Å². The molecule has 0 aromatic carbocycles. The minimum atomic E-state index is -4.54. The van der Waals surface area contributed by atoms with Crippen molar-refractivity contribution >= 4 is 5.91 Å². The van der Waals surface area contributed by atoms with E-state index in [9.17, 15) is 18.0 Å². The van der Waals surface area contributed by atoms with Gasteiger partial charge >= 0.3 is 6.18 Å². The minimum Gasteiger partial charge on any atom is -0.339 e. The summed E-state index contributed by atoms with van der Waals surface area (Å²) >= 11 is 0. The Hall–Kier alpha value is -2.04. The van der Waals surface area contributed by atoms with Crippen molar-refractivity contribution < 1.29 is 18.0 Å². The van der Waals surface area contributed by atoms with Crippen LogP contribution in [0, 0.1) is 17.2 Å². The smallest absolute Gasteiger partial charge is 0.339 e. The van der Waals surface area contributed by atoms with Gasteiger partial charge in [-0.05, 0) is 5.92 Å². The van der Waals surface area contributed by atoms with Crippen LogP contribution < -0.4 is 5.32 Å². The van der Waals surface area contributed by atoms with Crippen LogP contribution in [0.25, 0.3) is 0 Å². The molecule has 0 aliphatic carbocycles. The normalized spacial score (nSPS) is 14.5. The molecule has 1 aromatic heterocycles. The van der Waals surface area contributed by atoms with Crippen molar-refractivity contribution in [1.29, 1.82) is 5.26 Å². The lowest BCUT2D eigenvalue weighted by Crippen LogP contribution is -2.49. The molecule has 1 heterocycles. The number of nitriles is 1. The Balaban J connectivity index is 2.92. The molecule has 0 bridgehead atoms. The van der Waals surface area contributed by atoms with Crippen LogP contribution in [0.15, 0.2) is 6.20 Å². The number of halogens is 3. The van der Waals surface area contributed by atoms with Gasteiger partial charge in [-0.1, -0.05) is 20.3 Å². The van der Waals surface area contributed by atoms with Crippen LogP contribution in [-0.2, 0) is 0 Å². The molecule has 1 amide bonds. The number of hydrogen-bond donors (Lipinski definition) is 2. The molecule has 0 spiro atoms. The van der Waals surface area contributed by atoms with Gasteiger partial charge in [0.25, 0.3) is 5.91 Å². The molecule has 0 aliphatic heterocycles. The number of rotatable bonds is 4. The zero-order chi connectivity index (χ0) is 14.6. The third-order valence-electron chi connectivity index (χ3n) is 2.84. The van der Waals surface area contributed by atoms with Crippen LogP contribution in [0.2, 0.25) is 0 Å². The lowest BCUT2D eigenvalue weighted by atomic mass is 9.98. The molecule has 0 fully saturated rings. The molecule has 5 nitrogen and oxygen atoms in total. The quantitative estimate of drug-likeness (QED) is 0.880. The van der Waals surface area contributed by atoms with Gasteiger partial charge in [0.05, 0.1) is 6.20 Å². The standard InChI is InChI=1S/C11H13F3N4O/c1-3-6(2)9(11(12,13)14)17-10(19)8-7(4-15)5-16-18-8/h5-6,9H,3H2,1-2H3,(H,16,18)(H,17,19). The highest BCUT2D eigenvalue weighted by Crippen LogP contribution is 2.27. The van der Waals surface area contributed by atoms with E-state index in [4.69, 9.17) is 5.26 Å². The summed E-state index contributed by atoms with van der Waals surface area (Å²) in [6.45, 7) is 3.00. The van der Waals surface area contributed by atoms with Crippen molar-refractivity contribution in [3.8, 4) is 6.07 Å². The van der Waals surface area contributed by atoms with Gasteiger partial charge in [0, 0.05) is 0 Å². The fourth-order valence-corrected chi connectivity index (χ4v) is 1.54. The van der Waals surface area contributed by atoms with Gasteiger partial charge in [-0.15, -0.1) is 0 Å². The highest BCUT2D eigenvalue weighted by Gasteiger charge is 2.43. The largest absolute Gasteiger partial charge is 0.408 e. The van der Waals surface area contributed by atoms with E-state index < -0.39 is 24.0 Å². The fourth-order valence-electron chi connectivity index (χ4n) is 1.54. The van der Waals surface area contributed by atoms with Crippen LogP contribution in [0.1, 0.15) is 36.3 Å². The lowest BCUT2D eigenvalue weighted by molar-refractivity contribution is -0.164. The van der Waals surface area contributed by atoms with Crippen molar-refractivity contribution in [3.63, 3.8) is 0 Å². The molecule has 1 rings (SSSR count). The van der Waals surface area contributed by atoms with E-state index in [1.54, 1.807) is 13.0 Å². The third kappa shape index (κ3) is 3.47. The molecule has 0 aliphatic rings. The molecule has 0 radical (unpaired) electrons. The monoisotopic (exact) mass is 274 g/mol. The van der Waals surface area contributed by atoms with Gasteiger partial charge in [-0.3, -0.25) is 9.89 Å². The Labute approximate surface area is 107 Å². The van der Waals surface area contributed by atoms with Crippen molar-refractivity contribution in [2.24, 2.45) is 5.92 Å². The average Bonchev–Trinajstić information content (AvgIpc) is 2.81. The first kappa shape index (κ1) is 15.0. The maximum atomic E-state index is 12.8. The lowest BCUT2D eigenvalue weighted by Gasteiger charge is -2.26. The van der Waals surface area contributed by atoms with Crippen LogP contribution in [0.4, 0.5) is 13.2 Å². The second-order valence-electron chi connectivity index (χ2n) is 4.15. The summed E-state index contributed by atoms with van der Waals surface area (Å²) in [5.74, 6) is -1.76. The number of amides is 1. The summed E-state index contributed by atoms with van der Waals surface area (Å²) in [6, 6.07) is -0.283. The Kier molecular flexibility index (Phi) is 4.53. The first-order valence-corrected chi connectivity index (χ1v) is 5.62. The summed E-state index contributed by atoms with van der Waals surface area (Å²) in [5.41, 5.74) is -0.359. The summed E-state index contributed by atoms with van der Waals surface area (Å²) in [5, 5.41) is 16.3. The molecular weight excluding hydrogens is 261 g/mol. The Morgan fingerprint density at radius 3 is 2.74 bits per heavy atom. The van der Waals surface area contributed by atoms with E-state index in [-0.39, 0.29) is 17.7 Å². The van der Waals surface area contributed by atoms with Gasteiger partial charge in [0.2, 0.25) is 0 Å². The molecular formula is C11H13F3N4O. The van der Waals surface area contributed by atoms with Crippen LogP contribution in [0.5, 0.6) is 0 Å². The number of aromatic amines is 1. The van der Waals surface area contributed by atoms with E-state index in [2.05, 4.69) is 10.2 Å². The number of aromatic nitrogens is 2. The topological polar surface area (TPSA) is 81.6 Å². The molecule has 19 heavy (non-hydrogen) atoms. The van der Waals surface area contributed by atoms with E-state index >= 15 is 0 Å². The number of H-pyrrole nitrogens is 1. The number of alkyl halides is 3. The van der Waals surface area contributed by atoms with Crippen molar-refractivity contribution in [2.45, 2.75) is 32.5 Å². The number of nitrogens with zero attached hydrogens (tertiary/aromatic N) is 2. The molecule has 1 aromatic rings. The van der Waals surface area contributed by atoms with Crippen molar-refractivity contribution in [3.05, 3.63) is 17.5 Å². The molecule has 8 heteroatoms. The maximum Gasteiger partial charge on any atom is 0.408 e. The van der Waals surface area contributed by atoms with Crippen LogP contribution in [0.3, 0.4) is 0 Å². The SMILES string of the molecule is CCC(C)C(NC(=O)c1[nH]ncc1C#N)C(F)(F)F. The Morgan fingerprint density at radius 2 is 2.26 bits per heavy atom. The van der Waals surface area contributed by atoms with E-state index in [1.807, 2.05) is 5.32 Å². The van der Waals surface area contributed by atoms with Gasteiger partial charge in [0.1, 0.15) is 23.4 Å². The van der Waals surface area contributed by atoms with Gasteiger partial charge in [-0.2, -0.15) is 23.5 Å². The molecule has 0 saturated heterocycles. The maximum absolute atomic E-state index is 12.8. The molecule has 2 unspecified atom stereocenters. The van der Waals surface area contributed by atoms with E-state index in [1.165, 1.54) is 6.92 Å². The Morgan fingerprint density at radius 1 is 1.63 bits per heavy atom. The number of carbonyl (C=O) groups is 1. The molecule has 2 N–H and O–H groups in total. The summed E-state index contributed by atoms with van der Waals surface area (Å²) in [7, 11) is 0. The minimum absolute atomic E-state index is 0.0948. The van der Waals surface area contributed by atoms with Crippen molar-refractivity contribution in [2.75, 3.05) is 0 Å². The Bertz CT molecular complexity index is 489. The highest BCUT2D eigenvalue weighted by molar-refractivity contribution is 5.94. The first-order chi connectivity index (χ1) is 8.81. The second kappa shape index (κ2) is 5.73. The zero-order valence-corrected chi connectivity index (χ0v) is 10.4. The molecule has 2 atom stereocenters. The molecule has 104 valence electrons. The number of carbonyl (C=O) groups excluding carboxylic acids is 1. The predicted molar refractivity (Wildman–Crippen MR) is 60.1 cm³/mol. The van der Waals surface area contributed by atoms with Gasteiger partial charge < -0.3 is 5.32 Å². The fraction of sp³-hybridized carbons (Fsp3) is 0.545. The average molecular weight is 274 g/mol. The zero-order valence-electron chi connectivity index (χ0n) is 10.4. The first-order valence-electron chi connectivity index (χ1n) is 5.62. The van der Waals surface area contributed by atoms with E-state index in [0.717, 1.165) is 6.20 Å². The summed E-state index contributed by atoms with van der Waals surface area (Å²) < 4.78 is 38.5. The molecule has 0 saturated carbocycles. The van der Waals surface area contributed by atoms with E-state index in [0.29, 0.717) is 0 Å². The second-order valence-corrected chi connectivity index (χ2v) is 4.15. The third-order valence-corrected chi connectivity index (χ3v) is 2.84.